The Morgan fingerprint density at radius 2 is 1.76 bits per heavy atom. The average Bonchev–Trinajstić information content (AvgIpc) is 2.83. The van der Waals surface area contributed by atoms with Crippen molar-refractivity contribution in [2.24, 2.45) is 17.8 Å². The van der Waals surface area contributed by atoms with E-state index in [1.807, 2.05) is 37.3 Å². The molecular weight excluding hydrogens is 394 g/mol. The average molecular weight is 422 g/mol. The van der Waals surface area contributed by atoms with Crippen LogP contribution >= 0.6 is 0 Å². The summed E-state index contributed by atoms with van der Waals surface area (Å²) in [6, 6.07) is 9.19. The standard InChI is InChI=1S/C21H27NO6S/c1-13-18(12-27-11-17-8-6-5-7-9-17)21-14(2)22(15(3)23)29(25,26)20(21)10-19(13)28-16(4)24/h5-10,13-14,18,20-21H,11-12H2,1-4H3/t13-,14?,18-,20-,21-/m0/s1. The molecule has 1 fully saturated rings. The number of sulfonamides is 1. The third kappa shape index (κ3) is 4.09. The fourth-order valence-electron chi connectivity index (χ4n) is 4.55. The van der Waals surface area contributed by atoms with Crippen molar-refractivity contribution in [2.45, 2.75) is 45.6 Å². The first-order valence-corrected chi connectivity index (χ1v) is 11.2. The van der Waals surface area contributed by atoms with Crippen molar-refractivity contribution in [3.63, 3.8) is 0 Å². The molecule has 0 spiro atoms. The molecule has 158 valence electrons. The van der Waals surface area contributed by atoms with Gasteiger partial charge in [-0.2, -0.15) is 0 Å². The molecule has 3 rings (SSSR count). The summed E-state index contributed by atoms with van der Waals surface area (Å²) in [5.41, 5.74) is 1.01. The summed E-state index contributed by atoms with van der Waals surface area (Å²) in [6.07, 6.45) is 1.50. The Kier molecular flexibility index (Phi) is 6.14. The van der Waals surface area contributed by atoms with E-state index in [2.05, 4.69) is 0 Å². The normalized spacial score (nSPS) is 30.4. The van der Waals surface area contributed by atoms with Gasteiger partial charge in [0.25, 0.3) is 0 Å². The Bertz CT molecular complexity index is 910. The second kappa shape index (κ2) is 8.28. The molecule has 1 aromatic rings. The molecule has 1 aromatic carbocycles. The van der Waals surface area contributed by atoms with Crippen molar-refractivity contribution in [1.82, 2.24) is 4.31 Å². The number of nitrogens with zero attached hydrogens (tertiary/aromatic N) is 1. The molecule has 7 nitrogen and oxygen atoms in total. The van der Waals surface area contributed by atoms with Crippen LogP contribution in [0.5, 0.6) is 0 Å². The topological polar surface area (TPSA) is 90.0 Å². The van der Waals surface area contributed by atoms with Gasteiger partial charge in [0.05, 0.1) is 13.2 Å². The highest BCUT2D eigenvalue weighted by atomic mass is 32.2. The fraction of sp³-hybridized carbons (Fsp3) is 0.524. The number of hydrogen-bond donors (Lipinski definition) is 0. The van der Waals surface area contributed by atoms with Gasteiger partial charge in [0.1, 0.15) is 11.0 Å². The Morgan fingerprint density at radius 1 is 1.10 bits per heavy atom. The lowest BCUT2D eigenvalue weighted by atomic mass is 9.72. The molecule has 29 heavy (non-hydrogen) atoms. The number of allylic oxidation sites excluding steroid dienone is 1. The summed E-state index contributed by atoms with van der Waals surface area (Å²) in [6.45, 7) is 6.89. The van der Waals surface area contributed by atoms with E-state index < -0.39 is 33.2 Å². The van der Waals surface area contributed by atoms with Gasteiger partial charge in [0.2, 0.25) is 15.9 Å². The molecule has 1 aliphatic carbocycles. The van der Waals surface area contributed by atoms with Crippen LogP contribution in [0, 0.1) is 17.8 Å². The van der Waals surface area contributed by atoms with Gasteiger partial charge in [-0.3, -0.25) is 9.59 Å². The van der Waals surface area contributed by atoms with Gasteiger partial charge in [-0.1, -0.05) is 37.3 Å². The van der Waals surface area contributed by atoms with Crippen molar-refractivity contribution in [2.75, 3.05) is 6.61 Å². The number of amides is 1. The van der Waals surface area contributed by atoms with Crippen LogP contribution in [0.1, 0.15) is 33.3 Å². The van der Waals surface area contributed by atoms with Crippen molar-refractivity contribution in [3.8, 4) is 0 Å². The summed E-state index contributed by atoms with van der Waals surface area (Å²) in [7, 11) is -3.88. The maximum Gasteiger partial charge on any atom is 0.307 e. The van der Waals surface area contributed by atoms with Crippen LogP contribution in [-0.2, 0) is 35.7 Å². The number of carbonyl (C=O) groups is 2. The van der Waals surface area contributed by atoms with E-state index in [1.54, 1.807) is 6.92 Å². The predicted octanol–water partition coefficient (Wildman–Crippen LogP) is 2.48. The number of fused-ring (bicyclic) bond motifs is 1. The first-order chi connectivity index (χ1) is 13.6. The Hall–Kier alpha value is -2.19. The smallest absolute Gasteiger partial charge is 0.307 e. The van der Waals surface area contributed by atoms with Crippen molar-refractivity contribution < 1.29 is 27.5 Å². The number of hydrogen-bond acceptors (Lipinski definition) is 6. The van der Waals surface area contributed by atoms with Crippen LogP contribution in [0.15, 0.2) is 42.2 Å². The summed E-state index contributed by atoms with van der Waals surface area (Å²) in [5, 5.41) is -0.919. The molecule has 1 heterocycles. The van der Waals surface area contributed by atoms with E-state index >= 15 is 0 Å². The summed E-state index contributed by atoms with van der Waals surface area (Å²) >= 11 is 0. The van der Waals surface area contributed by atoms with E-state index in [0.717, 1.165) is 9.87 Å². The Morgan fingerprint density at radius 3 is 2.34 bits per heavy atom. The minimum atomic E-state index is -3.88. The van der Waals surface area contributed by atoms with E-state index in [1.165, 1.54) is 19.9 Å². The molecule has 1 unspecified atom stereocenters. The van der Waals surface area contributed by atoms with Crippen LogP contribution in [0.2, 0.25) is 0 Å². The van der Waals surface area contributed by atoms with Crippen LogP contribution in [0.3, 0.4) is 0 Å². The predicted molar refractivity (Wildman–Crippen MR) is 107 cm³/mol. The van der Waals surface area contributed by atoms with E-state index in [0.29, 0.717) is 19.0 Å². The zero-order valence-electron chi connectivity index (χ0n) is 17.1. The monoisotopic (exact) mass is 421 g/mol. The van der Waals surface area contributed by atoms with Gasteiger partial charge < -0.3 is 9.47 Å². The molecule has 1 saturated heterocycles. The number of benzene rings is 1. The first-order valence-electron chi connectivity index (χ1n) is 9.70. The molecule has 0 bridgehead atoms. The minimum Gasteiger partial charge on any atom is -0.431 e. The summed E-state index contributed by atoms with van der Waals surface area (Å²) < 4.78 is 38.3. The molecule has 0 radical (unpaired) electrons. The zero-order valence-corrected chi connectivity index (χ0v) is 17.9. The highest BCUT2D eigenvalue weighted by Crippen LogP contribution is 2.47. The van der Waals surface area contributed by atoms with Gasteiger partial charge in [-0.25, -0.2) is 12.7 Å². The highest BCUT2D eigenvalue weighted by Gasteiger charge is 2.57. The lowest BCUT2D eigenvalue weighted by molar-refractivity contribution is -0.138. The van der Waals surface area contributed by atoms with E-state index in [4.69, 9.17) is 9.47 Å². The van der Waals surface area contributed by atoms with Crippen molar-refractivity contribution >= 4 is 21.9 Å². The maximum atomic E-state index is 13.0. The van der Waals surface area contributed by atoms with Gasteiger partial charge in [-0.05, 0) is 24.5 Å². The molecule has 2 aliphatic rings. The van der Waals surface area contributed by atoms with Crippen LogP contribution in [-0.4, -0.2) is 42.5 Å². The van der Waals surface area contributed by atoms with Crippen LogP contribution in [0.25, 0.3) is 0 Å². The van der Waals surface area contributed by atoms with Crippen molar-refractivity contribution in [1.29, 1.82) is 0 Å². The summed E-state index contributed by atoms with van der Waals surface area (Å²) in [4.78, 5) is 23.6. The molecule has 1 aliphatic heterocycles. The lowest BCUT2D eigenvalue weighted by Crippen LogP contribution is -2.42. The third-order valence-electron chi connectivity index (χ3n) is 5.83. The molecule has 0 N–H and O–H groups in total. The second-order valence-electron chi connectivity index (χ2n) is 7.76. The number of esters is 1. The van der Waals surface area contributed by atoms with E-state index in [9.17, 15) is 18.0 Å². The molecular formula is C21H27NO6S. The Labute approximate surface area is 171 Å². The largest absolute Gasteiger partial charge is 0.431 e. The minimum absolute atomic E-state index is 0.222. The SMILES string of the molecule is CC(=O)OC1=C[C@H]2[C@@H](C(C)N(C(C)=O)S2(=O)=O)[C@@H](COCc2ccccc2)[C@@H]1C. The van der Waals surface area contributed by atoms with Crippen LogP contribution < -0.4 is 0 Å². The molecule has 0 saturated carbocycles. The zero-order chi connectivity index (χ0) is 21.3. The lowest BCUT2D eigenvalue weighted by Gasteiger charge is -2.37. The Balaban J connectivity index is 1.90. The highest BCUT2D eigenvalue weighted by molar-refractivity contribution is 7.90. The quantitative estimate of drug-likeness (QED) is 0.679. The fourth-order valence-corrected chi connectivity index (χ4v) is 6.91. The van der Waals surface area contributed by atoms with E-state index in [-0.39, 0.29) is 17.8 Å². The van der Waals surface area contributed by atoms with Gasteiger partial charge >= 0.3 is 5.97 Å². The third-order valence-corrected chi connectivity index (χ3v) is 8.11. The molecule has 8 heteroatoms. The molecule has 5 atom stereocenters. The number of ether oxygens (including phenoxy) is 2. The van der Waals surface area contributed by atoms with Crippen LogP contribution in [0.4, 0.5) is 0 Å². The van der Waals surface area contributed by atoms with Gasteiger partial charge in [0, 0.05) is 31.7 Å². The molecule has 1 amide bonds. The van der Waals surface area contributed by atoms with Gasteiger partial charge in [0.15, 0.2) is 0 Å². The maximum absolute atomic E-state index is 13.0. The van der Waals surface area contributed by atoms with Crippen molar-refractivity contribution in [3.05, 3.63) is 47.7 Å². The second-order valence-corrected chi connectivity index (χ2v) is 9.73. The number of carbonyl (C=O) groups excluding carboxylic acids is 2. The molecule has 0 aromatic heterocycles. The first kappa shape index (κ1) is 21.5. The van der Waals surface area contributed by atoms with Gasteiger partial charge in [-0.15, -0.1) is 0 Å². The summed E-state index contributed by atoms with van der Waals surface area (Å²) in [5.74, 6) is -1.47. The number of rotatable bonds is 5.